The minimum Gasteiger partial charge on any atom is -0.444 e. The van der Waals surface area contributed by atoms with Crippen LogP contribution < -0.4 is 0 Å². The standard InChI is InChI=1S/C21H31N5O4.2C2H6/c1-21(2,3)30-20(29)25-10-7-16-15(13-25)18-19(28)24(6)11-14(12-26(18)22-16)17(27)8-9-23(4)5;2*1-2/h8-9,14H,7,10-13H2,1-6H3;2*1-2H3/b9-8+;;. The molecule has 0 saturated carbocycles. The van der Waals surface area contributed by atoms with E-state index in [1.54, 1.807) is 38.7 Å². The van der Waals surface area contributed by atoms with E-state index in [1.165, 1.54) is 0 Å². The molecule has 0 bridgehead atoms. The fraction of sp³-hybridized carbons (Fsp3) is 0.680. The quantitative estimate of drug-likeness (QED) is 0.619. The highest BCUT2D eigenvalue weighted by molar-refractivity contribution is 5.97. The molecule has 2 aliphatic heterocycles. The molecule has 0 aromatic carbocycles. The normalized spacial score (nSPS) is 17.5. The number of ether oxygens (including phenoxy) is 1. The molecule has 192 valence electrons. The maximum atomic E-state index is 13.1. The Kier molecular flexibility index (Phi) is 10.8. The minimum absolute atomic E-state index is 0.0416. The van der Waals surface area contributed by atoms with E-state index in [9.17, 15) is 14.4 Å². The van der Waals surface area contributed by atoms with Crippen molar-refractivity contribution in [3.8, 4) is 0 Å². The number of allylic oxidation sites excluding steroid dienone is 1. The van der Waals surface area contributed by atoms with Crippen molar-refractivity contribution in [2.45, 2.75) is 73.6 Å². The molecule has 1 atom stereocenters. The lowest BCUT2D eigenvalue weighted by atomic mass is 10.0. The highest BCUT2D eigenvalue weighted by Crippen LogP contribution is 2.27. The fourth-order valence-corrected chi connectivity index (χ4v) is 3.68. The molecule has 9 heteroatoms. The molecule has 0 fully saturated rings. The zero-order valence-electron chi connectivity index (χ0n) is 22.6. The van der Waals surface area contributed by atoms with Crippen LogP contribution in [0.4, 0.5) is 4.79 Å². The molecule has 9 nitrogen and oxygen atoms in total. The summed E-state index contributed by atoms with van der Waals surface area (Å²) in [5.41, 5.74) is 1.44. The molecule has 0 spiro atoms. The number of aromatic nitrogens is 2. The zero-order valence-corrected chi connectivity index (χ0v) is 22.6. The number of hydrogen-bond acceptors (Lipinski definition) is 6. The minimum atomic E-state index is -0.586. The summed E-state index contributed by atoms with van der Waals surface area (Å²) in [4.78, 5) is 43.3. The summed E-state index contributed by atoms with van der Waals surface area (Å²) in [6.07, 6.45) is 3.40. The summed E-state index contributed by atoms with van der Waals surface area (Å²) in [5.74, 6) is -0.596. The van der Waals surface area contributed by atoms with Crippen LogP contribution in [0.15, 0.2) is 12.3 Å². The maximum absolute atomic E-state index is 13.1. The SMILES string of the molecule is CC.CC.CN(C)/C=C/C(=O)C1CN(C)C(=O)c2c3c(nn2C1)CCN(C(=O)OC(C)(C)C)C3. The Bertz CT molecular complexity index is 883. The third kappa shape index (κ3) is 7.33. The first-order valence-electron chi connectivity index (χ1n) is 12.2. The summed E-state index contributed by atoms with van der Waals surface area (Å²) >= 11 is 0. The number of rotatable bonds is 3. The highest BCUT2D eigenvalue weighted by atomic mass is 16.6. The third-order valence-electron chi connectivity index (χ3n) is 5.13. The summed E-state index contributed by atoms with van der Waals surface area (Å²) in [7, 11) is 5.40. The summed E-state index contributed by atoms with van der Waals surface area (Å²) in [5, 5.41) is 4.64. The molecule has 3 rings (SSSR count). The molecular weight excluding hydrogens is 434 g/mol. The van der Waals surface area contributed by atoms with Gasteiger partial charge in [-0.3, -0.25) is 14.3 Å². The van der Waals surface area contributed by atoms with E-state index in [0.29, 0.717) is 31.7 Å². The van der Waals surface area contributed by atoms with Gasteiger partial charge < -0.3 is 19.4 Å². The smallest absolute Gasteiger partial charge is 0.410 e. The molecule has 1 aromatic rings. The third-order valence-corrected chi connectivity index (χ3v) is 5.13. The first kappa shape index (κ1) is 29.2. The van der Waals surface area contributed by atoms with Crippen molar-refractivity contribution >= 4 is 17.8 Å². The van der Waals surface area contributed by atoms with E-state index in [1.807, 2.05) is 62.6 Å². The van der Waals surface area contributed by atoms with E-state index < -0.39 is 11.7 Å². The van der Waals surface area contributed by atoms with E-state index in [4.69, 9.17) is 4.74 Å². The van der Waals surface area contributed by atoms with Crippen molar-refractivity contribution in [2.75, 3.05) is 34.2 Å². The number of amides is 2. The molecule has 0 aliphatic carbocycles. The first-order valence-corrected chi connectivity index (χ1v) is 12.2. The van der Waals surface area contributed by atoms with Crippen molar-refractivity contribution < 1.29 is 19.1 Å². The van der Waals surface area contributed by atoms with Gasteiger partial charge in [0.2, 0.25) is 0 Å². The Labute approximate surface area is 204 Å². The molecule has 34 heavy (non-hydrogen) atoms. The van der Waals surface area contributed by atoms with Gasteiger partial charge in [0, 0.05) is 52.4 Å². The van der Waals surface area contributed by atoms with Crippen molar-refractivity contribution in [3.05, 3.63) is 29.2 Å². The van der Waals surface area contributed by atoms with E-state index in [-0.39, 0.29) is 24.2 Å². The van der Waals surface area contributed by atoms with Crippen LogP contribution in [0.3, 0.4) is 0 Å². The van der Waals surface area contributed by atoms with Gasteiger partial charge in [0.1, 0.15) is 11.3 Å². The molecule has 3 heterocycles. The fourth-order valence-electron chi connectivity index (χ4n) is 3.68. The van der Waals surface area contributed by atoms with Gasteiger partial charge >= 0.3 is 6.09 Å². The van der Waals surface area contributed by atoms with Crippen LogP contribution in [0.5, 0.6) is 0 Å². The van der Waals surface area contributed by atoms with Gasteiger partial charge in [0.25, 0.3) is 5.91 Å². The topological polar surface area (TPSA) is 88.0 Å². The Morgan fingerprint density at radius 3 is 2.29 bits per heavy atom. The second-order valence-corrected chi connectivity index (χ2v) is 9.17. The number of carbonyl (C=O) groups is 3. The van der Waals surface area contributed by atoms with E-state index in [0.717, 1.165) is 11.3 Å². The molecule has 0 radical (unpaired) electrons. The maximum Gasteiger partial charge on any atom is 0.410 e. The zero-order chi connectivity index (χ0) is 26.2. The lowest BCUT2D eigenvalue weighted by molar-refractivity contribution is -0.118. The first-order chi connectivity index (χ1) is 16.0. The lowest BCUT2D eigenvalue weighted by Crippen LogP contribution is -2.40. The number of nitrogens with zero attached hydrogens (tertiary/aromatic N) is 5. The van der Waals surface area contributed by atoms with Crippen molar-refractivity contribution in [2.24, 2.45) is 5.92 Å². The Hall–Kier alpha value is -2.84. The van der Waals surface area contributed by atoms with E-state index in [2.05, 4.69) is 5.10 Å². The molecule has 0 saturated heterocycles. The van der Waals surface area contributed by atoms with Crippen LogP contribution in [-0.4, -0.2) is 82.1 Å². The molecule has 2 aliphatic rings. The average Bonchev–Trinajstić information content (AvgIpc) is 3.09. The molecular formula is C25H43N5O4. The monoisotopic (exact) mass is 477 g/mol. The second-order valence-electron chi connectivity index (χ2n) is 9.17. The molecule has 2 amide bonds. The van der Waals surface area contributed by atoms with Gasteiger partial charge in [0.15, 0.2) is 5.78 Å². The van der Waals surface area contributed by atoms with Crippen molar-refractivity contribution in [1.82, 2.24) is 24.5 Å². The molecule has 1 aromatic heterocycles. The lowest BCUT2D eigenvalue weighted by Gasteiger charge is -2.30. The van der Waals surface area contributed by atoms with Crippen LogP contribution in [0.1, 0.15) is 70.2 Å². The molecule has 0 N–H and O–H groups in total. The highest BCUT2D eigenvalue weighted by Gasteiger charge is 2.36. The number of ketones is 1. The van der Waals surface area contributed by atoms with Crippen LogP contribution in [0.25, 0.3) is 0 Å². The predicted molar refractivity (Wildman–Crippen MR) is 134 cm³/mol. The Morgan fingerprint density at radius 1 is 1.12 bits per heavy atom. The van der Waals surface area contributed by atoms with Gasteiger partial charge in [-0.2, -0.15) is 5.10 Å². The number of hydrogen-bond donors (Lipinski definition) is 0. The van der Waals surface area contributed by atoms with Crippen LogP contribution in [0.2, 0.25) is 0 Å². The van der Waals surface area contributed by atoms with Gasteiger partial charge in [-0.25, -0.2) is 4.79 Å². The van der Waals surface area contributed by atoms with Gasteiger partial charge in [-0.1, -0.05) is 27.7 Å². The van der Waals surface area contributed by atoms with Crippen molar-refractivity contribution in [1.29, 1.82) is 0 Å². The summed E-state index contributed by atoms with van der Waals surface area (Å²) in [6.45, 7) is 14.9. The Morgan fingerprint density at radius 2 is 1.74 bits per heavy atom. The summed E-state index contributed by atoms with van der Waals surface area (Å²) < 4.78 is 7.14. The largest absolute Gasteiger partial charge is 0.444 e. The predicted octanol–water partition coefficient (Wildman–Crippen LogP) is 3.57. The molecule has 1 unspecified atom stereocenters. The summed E-state index contributed by atoms with van der Waals surface area (Å²) in [6, 6.07) is 0. The van der Waals surface area contributed by atoms with Gasteiger partial charge in [0.05, 0.1) is 24.7 Å². The van der Waals surface area contributed by atoms with Crippen LogP contribution >= 0.6 is 0 Å². The van der Waals surface area contributed by atoms with Crippen LogP contribution in [-0.2, 0) is 29.0 Å². The second kappa shape index (κ2) is 12.6. The average molecular weight is 478 g/mol. The van der Waals surface area contributed by atoms with Crippen molar-refractivity contribution in [3.63, 3.8) is 0 Å². The number of carbonyl (C=O) groups excluding carboxylic acids is 3. The van der Waals surface area contributed by atoms with Gasteiger partial charge in [-0.15, -0.1) is 0 Å². The van der Waals surface area contributed by atoms with Crippen LogP contribution in [0, 0.1) is 5.92 Å². The van der Waals surface area contributed by atoms with E-state index >= 15 is 0 Å². The van der Waals surface area contributed by atoms with Gasteiger partial charge in [-0.05, 0) is 26.8 Å². The number of fused-ring (bicyclic) bond motifs is 3. The Balaban J connectivity index is 0.00000137.